The van der Waals surface area contributed by atoms with Gasteiger partial charge >= 0.3 is 0 Å². The van der Waals surface area contributed by atoms with Crippen molar-refractivity contribution in [2.75, 3.05) is 13.7 Å². The third-order valence-corrected chi connectivity index (χ3v) is 1.71. The van der Waals surface area contributed by atoms with Crippen LogP contribution < -0.4 is 5.73 Å². The molecule has 1 heterocycles. The van der Waals surface area contributed by atoms with Gasteiger partial charge in [0.25, 0.3) is 0 Å². The number of rotatable bonds is 3. The fourth-order valence-electron chi connectivity index (χ4n) is 0.974. The van der Waals surface area contributed by atoms with E-state index >= 15 is 0 Å². The summed E-state index contributed by atoms with van der Waals surface area (Å²) in [5.41, 5.74) is 7.81. The number of aromatic nitrogens is 1. The molecule has 12 heavy (non-hydrogen) atoms. The van der Waals surface area contributed by atoms with Crippen LogP contribution in [0.5, 0.6) is 0 Å². The van der Waals surface area contributed by atoms with Gasteiger partial charge < -0.3 is 10.5 Å². The van der Waals surface area contributed by atoms with Crippen LogP contribution in [-0.4, -0.2) is 18.7 Å². The van der Waals surface area contributed by atoms with E-state index in [1.54, 1.807) is 13.3 Å². The highest BCUT2D eigenvalue weighted by atomic mass is 16.5. The van der Waals surface area contributed by atoms with Crippen molar-refractivity contribution in [3.8, 4) is 0 Å². The van der Waals surface area contributed by atoms with Crippen molar-refractivity contribution in [2.24, 2.45) is 5.73 Å². The van der Waals surface area contributed by atoms with Crippen molar-refractivity contribution < 1.29 is 4.74 Å². The number of ether oxygens (including phenoxy) is 1. The van der Waals surface area contributed by atoms with Crippen molar-refractivity contribution in [3.05, 3.63) is 29.6 Å². The Labute approximate surface area is 72.6 Å². The number of nitrogens with zero attached hydrogens (tertiary/aromatic N) is 1. The minimum atomic E-state index is -0.0666. The van der Waals surface area contributed by atoms with Crippen LogP contribution >= 0.6 is 0 Å². The summed E-state index contributed by atoms with van der Waals surface area (Å²) in [5.74, 6) is 0. The molecule has 0 amide bonds. The number of aryl methyl sites for hydroxylation is 1. The Morgan fingerprint density at radius 3 is 2.83 bits per heavy atom. The molecule has 0 aliphatic heterocycles. The van der Waals surface area contributed by atoms with Gasteiger partial charge in [-0.3, -0.25) is 4.98 Å². The van der Waals surface area contributed by atoms with Crippen molar-refractivity contribution in [1.29, 1.82) is 0 Å². The molecular weight excluding hydrogens is 152 g/mol. The third kappa shape index (κ3) is 2.29. The van der Waals surface area contributed by atoms with E-state index < -0.39 is 0 Å². The second-order valence-corrected chi connectivity index (χ2v) is 2.79. The predicted octanol–water partition coefficient (Wildman–Crippen LogP) is 1.04. The highest BCUT2D eigenvalue weighted by Crippen LogP contribution is 2.08. The van der Waals surface area contributed by atoms with Gasteiger partial charge in [0.15, 0.2) is 0 Å². The summed E-state index contributed by atoms with van der Waals surface area (Å²) >= 11 is 0. The fourth-order valence-corrected chi connectivity index (χ4v) is 0.974. The minimum absolute atomic E-state index is 0.0666. The summed E-state index contributed by atoms with van der Waals surface area (Å²) in [6, 6.07) is 3.86. The standard InChI is InChI=1S/C9H14N2O/c1-7-3-4-8(5-11-7)9(10)6-12-2/h3-5,9H,6,10H2,1-2H3/t9-/m0/s1. The van der Waals surface area contributed by atoms with E-state index in [0.717, 1.165) is 11.3 Å². The Morgan fingerprint density at radius 1 is 1.58 bits per heavy atom. The largest absolute Gasteiger partial charge is 0.383 e. The summed E-state index contributed by atoms with van der Waals surface area (Å²) in [7, 11) is 1.64. The molecule has 66 valence electrons. The Bertz CT molecular complexity index is 233. The lowest BCUT2D eigenvalue weighted by atomic mass is 10.1. The van der Waals surface area contributed by atoms with Crippen molar-refractivity contribution >= 4 is 0 Å². The smallest absolute Gasteiger partial charge is 0.0656 e. The highest BCUT2D eigenvalue weighted by molar-refractivity contribution is 5.16. The van der Waals surface area contributed by atoms with Crippen LogP contribution in [0.3, 0.4) is 0 Å². The quantitative estimate of drug-likeness (QED) is 0.729. The van der Waals surface area contributed by atoms with Gasteiger partial charge in [-0.2, -0.15) is 0 Å². The van der Waals surface area contributed by atoms with Gasteiger partial charge in [-0.25, -0.2) is 0 Å². The maximum Gasteiger partial charge on any atom is 0.0656 e. The summed E-state index contributed by atoms with van der Waals surface area (Å²) in [6.07, 6.45) is 1.79. The van der Waals surface area contributed by atoms with Crippen molar-refractivity contribution in [2.45, 2.75) is 13.0 Å². The van der Waals surface area contributed by atoms with Crippen LogP contribution in [0.15, 0.2) is 18.3 Å². The van der Waals surface area contributed by atoms with Crippen LogP contribution in [0.2, 0.25) is 0 Å². The van der Waals surface area contributed by atoms with E-state index in [0.29, 0.717) is 6.61 Å². The molecule has 0 aromatic carbocycles. The van der Waals surface area contributed by atoms with Crippen molar-refractivity contribution in [1.82, 2.24) is 4.98 Å². The monoisotopic (exact) mass is 166 g/mol. The Balaban J connectivity index is 2.68. The van der Waals surface area contributed by atoms with Crippen LogP contribution in [-0.2, 0) is 4.74 Å². The van der Waals surface area contributed by atoms with Crippen LogP contribution in [0.1, 0.15) is 17.3 Å². The maximum atomic E-state index is 5.79. The molecule has 0 fully saturated rings. The molecule has 0 aliphatic rings. The summed E-state index contributed by atoms with van der Waals surface area (Å²) in [6.45, 7) is 2.48. The number of methoxy groups -OCH3 is 1. The zero-order chi connectivity index (χ0) is 8.97. The molecule has 0 saturated carbocycles. The number of nitrogens with two attached hydrogens (primary N) is 1. The van der Waals surface area contributed by atoms with Gasteiger partial charge in [0.2, 0.25) is 0 Å². The minimum Gasteiger partial charge on any atom is -0.383 e. The molecule has 2 N–H and O–H groups in total. The Morgan fingerprint density at radius 2 is 2.33 bits per heavy atom. The predicted molar refractivity (Wildman–Crippen MR) is 47.8 cm³/mol. The molecule has 0 aliphatic carbocycles. The zero-order valence-corrected chi connectivity index (χ0v) is 7.45. The summed E-state index contributed by atoms with van der Waals surface area (Å²) in [5, 5.41) is 0. The molecule has 0 radical (unpaired) electrons. The van der Waals surface area contributed by atoms with Crippen LogP contribution in [0.4, 0.5) is 0 Å². The third-order valence-electron chi connectivity index (χ3n) is 1.71. The first-order valence-electron chi connectivity index (χ1n) is 3.91. The van der Waals surface area contributed by atoms with Gasteiger partial charge in [0.1, 0.15) is 0 Å². The van der Waals surface area contributed by atoms with Gasteiger partial charge in [0.05, 0.1) is 12.6 Å². The van der Waals surface area contributed by atoms with Crippen molar-refractivity contribution in [3.63, 3.8) is 0 Å². The van der Waals surface area contributed by atoms with Crippen LogP contribution in [0.25, 0.3) is 0 Å². The molecule has 0 bridgehead atoms. The Kier molecular flexibility index (Phi) is 3.19. The zero-order valence-electron chi connectivity index (χ0n) is 7.45. The van der Waals surface area contributed by atoms with Gasteiger partial charge in [-0.05, 0) is 18.6 Å². The molecule has 3 nitrogen and oxygen atoms in total. The van der Waals surface area contributed by atoms with Crippen LogP contribution in [0, 0.1) is 6.92 Å². The van der Waals surface area contributed by atoms with E-state index in [9.17, 15) is 0 Å². The van der Waals surface area contributed by atoms with E-state index in [1.807, 2.05) is 19.1 Å². The van der Waals surface area contributed by atoms with Gasteiger partial charge in [-0.1, -0.05) is 6.07 Å². The van der Waals surface area contributed by atoms with Gasteiger partial charge in [0, 0.05) is 19.0 Å². The number of pyridine rings is 1. The average Bonchev–Trinajstić information content (AvgIpc) is 2.06. The van der Waals surface area contributed by atoms with E-state index in [4.69, 9.17) is 10.5 Å². The molecule has 1 aromatic rings. The fraction of sp³-hybridized carbons (Fsp3) is 0.444. The lowest BCUT2D eigenvalue weighted by Gasteiger charge is -2.09. The molecule has 0 saturated heterocycles. The van der Waals surface area contributed by atoms with E-state index in [2.05, 4.69) is 4.98 Å². The number of hydrogen-bond acceptors (Lipinski definition) is 3. The first-order valence-corrected chi connectivity index (χ1v) is 3.91. The molecule has 0 spiro atoms. The lowest BCUT2D eigenvalue weighted by Crippen LogP contribution is -2.16. The first-order chi connectivity index (χ1) is 5.74. The average molecular weight is 166 g/mol. The molecule has 1 rings (SSSR count). The van der Waals surface area contributed by atoms with E-state index in [1.165, 1.54) is 0 Å². The van der Waals surface area contributed by atoms with E-state index in [-0.39, 0.29) is 6.04 Å². The molecular formula is C9H14N2O. The molecule has 3 heteroatoms. The SMILES string of the molecule is COC[C@H](N)c1ccc(C)nc1. The molecule has 0 unspecified atom stereocenters. The summed E-state index contributed by atoms with van der Waals surface area (Å²) < 4.78 is 4.94. The second kappa shape index (κ2) is 4.18. The highest BCUT2D eigenvalue weighted by Gasteiger charge is 2.04. The Hall–Kier alpha value is -0.930. The topological polar surface area (TPSA) is 48.1 Å². The maximum absolute atomic E-state index is 5.79. The molecule has 1 atom stereocenters. The lowest BCUT2D eigenvalue weighted by molar-refractivity contribution is 0.181. The number of hydrogen-bond donors (Lipinski definition) is 1. The summed E-state index contributed by atoms with van der Waals surface area (Å²) in [4.78, 5) is 4.15. The van der Waals surface area contributed by atoms with Gasteiger partial charge in [-0.15, -0.1) is 0 Å². The molecule has 1 aromatic heterocycles. The second-order valence-electron chi connectivity index (χ2n) is 2.79. The normalized spacial score (nSPS) is 12.9. The first kappa shape index (κ1) is 9.16.